The van der Waals surface area contributed by atoms with Gasteiger partial charge in [0.1, 0.15) is 11.4 Å². The third-order valence-corrected chi connectivity index (χ3v) is 5.45. The number of fused-ring (bicyclic) bond motifs is 1. The molecule has 1 aliphatic rings. The Labute approximate surface area is 173 Å². The Morgan fingerprint density at radius 2 is 2.07 bits per heavy atom. The number of carboxylic acids is 1. The first-order valence-electron chi connectivity index (χ1n) is 9.94. The van der Waals surface area contributed by atoms with Crippen LogP contribution in [0.4, 0.5) is 0 Å². The summed E-state index contributed by atoms with van der Waals surface area (Å²) < 4.78 is 6.76. The van der Waals surface area contributed by atoms with Crippen molar-refractivity contribution in [3.63, 3.8) is 0 Å². The van der Waals surface area contributed by atoms with Gasteiger partial charge in [-0.3, -0.25) is 9.48 Å². The molecule has 3 heterocycles. The van der Waals surface area contributed by atoms with Gasteiger partial charge in [0.15, 0.2) is 5.69 Å². The van der Waals surface area contributed by atoms with Gasteiger partial charge in [0.2, 0.25) is 0 Å². The van der Waals surface area contributed by atoms with Gasteiger partial charge in [0.05, 0.1) is 18.8 Å². The molecule has 9 nitrogen and oxygen atoms in total. The number of aryl methyl sites for hydroxylation is 1. The lowest BCUT2D eigenvalue weighted by Gasteiger charge is -2.35. The van der Waals surface area contributed by atoms with Crippen LogP contribution in [0.5, 0.6) is 5.75 Å². The van der Waals surface area contributed by atoms with Crippen LogP contribution in [0.15, 0.2) is 36.5 Å². The fourth-order valence-corrected chi connectivity index (χ4v) is 3.85. The van der Waals surface area contributed by atoms with Crippen LogP contribution in [0, 0.1) is 0 Å². The molecule has 1 atom stereocenters. The molecule has 1 unspecified atom stereocenters. The number of methoxy groups -OCH3 is 1. The second-order valence-electron chi connectivity index (χ2n) is 7.36. The van der Waals surface area contributed by atoms with E-state index in [-0.39, 0.29) is 17.6 Å². The minimum absolute atomic E-state index is 0.0529. The molecule has 156 valence electrons. The quantitative estimate of drug-likeness (QED) is 0.666. The topological polar surface area (TPSA) is 110 Å². The van der Waals surface area contributed by atoms with Crippen LogP contribution < -0.4 is 4.74 Å². The Balaban J connectivity index is 1.49. The Hall–Kier alpha value is -3.49. The van der Waals surface area contributed by atoms with Crippen molar-refractivity contribution >= 4 is 22.8 Å². The second-order valence-corrected chi connectivity index (χ2v) is 7.36. The summed E-state index contributed by atoms with van der Waals surface area (Å²) in [6.45, 7) is 1.18. The van der Waals surface area contributed by atoms with E-state index in [1.807, 2.05) is 29.2 Å². The minimum atomic E-state index is -1.10. The number of amides is 1. The normalized spacial score (nSPS) is 16.6. The summed E-state index contributed by atoms with van der Waals surface area (Å²) in [4.78, 5) is 30.6. The number of piperidine rings is 1. The molecule has 9 heteroatoms. The van der Waals surface area contributed by atoms with Crippen LogP contribution in [0.25, 0.3) is 10.9 Å². The summed E-state index contributed by atoms with van der Waals surface area (Å²) in [5.74, 6) is -0.434. The molecular formula is C21H23N5O4. The van der Waals surface area contributed by atoms with Crippen LogP contribution in [0.2, 0.25) is 0 Å². The molecule has 1 N–H and O–H groups in total. The van der Waals surface area contributed by atoms with Crippen molar-refractivity contribution in [3.8, 4) is 5.75 Å². The van der Waals surface area contributed by atoms with Gasteiger partial charge >= 0.3 is 5.97 Å². The Morgan fingerprint density at radius 3 is 2.83 bits per heavy atom. The number of benzene rings is 1. The van der Waals surface area contributed by atoms with E-state index in [2.05, 4.69) is 15.3 Å². The van der Waals surface area contributed by atoms with Crippen molar-refractivity contribution in [2.24, 2.45) is 0 Å². The van der Waals surface area contributed by atoms with Crippen molar-refractivity contribution in [1.29, 1.82) is 0 Å². The Morgan fingerprint density at radius 1 is 1.20 bits per heavy atom. The van der Waals surface area contributed by atoms with Crippen molar-refractivity contribution in [3.05, 3.63) is 47.9 Å². The maximum atomic E-state index is 13.2. The molecule has 2 aromatic heterocycles. The molecule has 1 saturated heterocycles. The fraction of sp³-hybridized carbons (Fsp3) is 0.381. The highest BCUT2D eigenvalue weighted by Crippen LogP contribution is 2.24. The standard InChI is InChI=1S/C21H23N5O4/c1-30-16-6-8-17-14(12-16)5-7-18(22-17)20(27)26-10-3-2-4-15(26)9-11-25-13-19(21(28)29)23-24-25/h5-8,12-13,15H,2-4,9-11H2,1H3,(H,28,29). The molecule has 4 rings (SSSR count). The number of hydrogen-bond acceptors (Lipinski definition) is 6. The highest BCUT2D eigenvalue weighted by molar-refractivity contribution is 5.95. The molecule has 3 aromatic rings. The molecular weight excluding hydrogens is 386 g/mol. The molecule has 1 aliphatic heterocycles. The fourth-order valence-electron chi connectivity index (χ4n) is 3.85. The van der Waals surface area contributed by atoms with Crippen LogP contribution in [-0.2, 0) is 6.54 Å². The van der Waals surface area contributed by atoms with Crippen molar-refractivity contribution in [2.75, 3.05) is 13.7 Å². The molecule has 0 aliphatic carbocycles. The third-order valence-electron chi connectivity index (χ3n) is 5.45. The predicted molar refractivity (Wildman–Crippen MR) is 109 cm³/mol. The maximum Gasteiger partial charge on any atom is 0.358 e. The van der Waals surface area contributed by atoms with E-state index in [1.54, 1.807) is 13.2 Å². The largest absolute Gasteiger partial charge is 0.497 e. The zero-order valence-electron chi connectivity index (χ0n) is 16.7. The van der Waals surface area contributed by atoms with E-state index in [4.69, 9.17) is 9.84 Å². The first kappa shape index (κ1) is 19.8. The average molecular weight is 409 g/mol. The molecule has 0 spiro atoms. The molecule has 30 heavy (non-hydrogen) atoms. The van der Waals surface area contributed by atoms with Crippen LogP contribution in [-0.4, -0.2) is 61.6 Å². The molecule has 1 aromatic carbocycles. The van der Waals surface area contributed by atoms with Crippen molar-refractivity contribution in [1.82, 2.24) is 24.9 Å². The summed E-state index contributed by atoms with van der Waals surface area (Å²) in [6.07, 6.45) is 5.00. The van der Waals surface area contributed by atoms with E-state index < -0.39 is 5.97 Å². The van der Waals surface area contributed by atoms with Gasteiger partial charge in [-0.2, -0.15) is 0 Å². The summed E-state index contributed by atoms with van der Waals surface area (Å²) >= 11 is 0. The molecule has 0 radical (unpaired) electrons. The number of carbonyl (C=O) groups excluding carboxylic acids is 1. The van der Waals surface area contributed by atoms with E-state index in [0.717, 1.165) is 35.9 Å². The Kier molecular flexibility index (Phi) is 5.60. The number of carboxylic acid groups (broad SMARTS) is 1. The minimum Gasteiger partial charge on any atom is -0.497 e. The predicted octanol–water partition coefficient (Wildman–Crippen LogP) is 2.62. The average Bonchev–Trinajstić information content (AvgIpc) is 3.26. The Bertz CT molecular complexity index is 1080. The number of ether oxygens (including phenoxy) is 1. The zero-order valence-corrected chi connectivity index (χ0v) is 16.7. The highest BCUT2D eigenvalue weighted by atomic mass is 16.5. The van der Waals surface area contributed by atoms with E-state index in [9.17, 15) is 9.59 Å². The summed E-state index contributed by atoms with van der Waals surface area (Å²) in [5, 5.41) is 17.4. The van der Waals surface area contributed by atoms with Crippen LogP contribution in [0.1, 0.15) is 46.7 Å². The van der Waals surface area contributed by atoms with Crippen molar-refractivity contribution in [2.45, 2.75) is 38.3 Å². The number of nitrogens with zero attached hydrogens (tertiary/aromatic N) is 5. The highest BCUT2D eigenvalue weighted by Gasteiger charge is 2.28. The van der Waals surface area contributed by atoms with Crippen LogP contribution >= 0.6 is 0 Å². The van der Waals surface area contributed by atoms with Gasteiger partial charge in [-0.15, -0.1) is 5.10 Å². The zero-order chi connectivity index (χ0) is 21.1. The number of carbonyl (C=O) groups is 2. The number of aromatic nitrogens is 4. The summed E-state index contributed by atoms with van der Waals surface area (Å²) in [5.41, 5.74) is 1.09. The number of pyridine rings is 1. The van der Waals surface area contributed by atoms with Gasteiger partial charge in [0.25, 0.3) is 5.91 Å². The lowest BCUT2D eigenvalue weighted by Crippen LogP contribution is -2.44. The lowest BCUT2D eigenvalue weighted by molar-refractivity contribution is 0.0587. The SMILES string of the molecule is COc1ccc2nc(C(=O)N3CCCCC3CCn3cc(C(=O)O)nn3)ccc2c1. The van der Waals surface area contributed by atoms with Gasteiger partial charge in [-0.25, -0.2) is 9.78 Å². The molecule has 1 amide bonds. The first-order chi connectivity index (χ1) is 14.5. The number of aromatic carboxylic acids is 1. The van der Waals surface area contributed by atoms with E-state index in [0.29, 0.717) is 25.2 Å². The van der Waals surface area contributed by atoms with Gasteiger partial charge in [-0.05, 0) is 49.9 Å². The van der Waals surface area contributed by atoms with E-state index in [1.165, 1.54) is 10.9 Å². The third kappa shape index (κ3) is 4.10. The number of rotatable bonds is 6. The lowest BCUT2D eigenvalue weighted by atomic mass is 9.98. The van der Waals surface area contributed by atoms with E-state index >= 15 is 0 Å². The maximum absolute atomic E-state index is 13.2. The van der Waals surface area contributed by atoms with Crippen LogP contribution in [0.3, 0.4) is 0 Å². The van der Waals surface area contributed by atoms with Crippen molar-refractivity contribution < 1.29 is 19.4 Å². The smallest absolute Gasteiger partial charge is 0.358 e. The van der Waals surface area contributed by atoms with Gasteiger partial charge < -0.3 is 14.7 Å². The molecule has 1 fully saturated rings. The van der Waals surface area contributed by atoms with Gasteiger partial charge in [-0.1, -0.05) is 11.3 Å². The molecule has 0 bridgehead atoms. The summed E-state index contributed by atoms with van der Waals surface area (Å²) in [7, 11) is 1.62. The molecule has 0 saturated carbocycles. The van der Waals surface area contributed by atoms with Gasteiger partial charge in [0, 0.05) is 24.5 Å². The number of likely N-dealkylation sites (tertiary alicyclic amines) is 1. The summed E-state index contributed by atoms with van der Waals surface area (Å²) in [6, 6.07) is 9.27. The number of hydrogen-bond donors (Lipinski definition) is 1. The monoisotopic (exact) mass is 409 g/mol. The second kappa shape index (κ2) is 8.48. The first-order valence-corrected chi connectivity index (χ1v) is 9.94.